The molecule has 0 spiro atoms. The molecule has 0 bridgehead atoms. The smallest absolute Gasteiger partial charge is 0.462 e. The molecule has 0 aromatic carbocycles. The average molecular weight is 1340 g/mol. The maximum absolute atomic E-state index is 13.0. The lowest BCUT2D eigenvalue weighted by Gasteiger charge is -2.21. The Balaban J connectivity index is 5.24. The van der Waals surface area contributed by atoms with Crippen molar-refractivity contribution in [3.63, 3.8) is 0 Å². The highest BCUT2D eigenvalue weighted by Gasteiger charge is 2.30. The van der Waals surface area contributed by atoms with E-state index in [0.717, 1.165) is 108 Å². The highest BCUT2D eigenvalue weighted by atomic mass is 31.2. The van der Waals surface area contributed by atoms with Gasteiger partial charge in [0.15, 0.2) is 12.2 Å². The Hall–Kier alpha value is -1.94. The first-order valence-electron chi connectivity index (χ1n) is 37.3. The molecule has 0 rings (SSSR count). The topological polar surface area (TPSA) is 237 Å². The lowest BCUT2D eigenvalue weighted by Crippen LogP contribution is -2.30. The maximum atomic E-state index is 13.0. The molecule has 0 radical (unpaired) electrons. The van der Waals surface area contributed by atoms with E-state index < -0.39 is 97.5 Å². The Labute approximate surface area is 556 Å². The lowest BCUT2D eigenvalue weighted by atomic mass is 10.0. The van der Waals surface area contributed by atoms with Crippen molar-refractivity contribution in [3.05, 3.63) is 0 Å². The fraction of sp³-hybridized carbons (Fsp3) is 0.944. The van der Waals surface area contributed by atoms with Gasteiger partial charge in [-0.25, -0.2) is 9.13 Å². The summed E-state index contributed by atoms with van der Waals surface area (Å²) in [6, 6.07) is 0. The van der Waals surface area contributed by atoms with Gasteiger partial charge < -0.3 is 33.8 Å². The van der Waals surface area contributed by atoms with Crippen LogP contribution < -0.4 is 0 Å². The second kappa shape index (κ2) is 62.8. The fourth-order valence-corrected chi connectivity index (χ4v) is 12.5. The Kier molecular flexibility index (Phi) is 61.5. The Morgan fingerprint density at radius 2 is 0.505 bits per heavy atom. The second-order valence-corrected chi connectivity index (χ2v) is 30.3. The van der Waals surface area contributed by atoms with E-state index in [1.54, 1.807) is 0 Å². The van der Waals surface area contributed by atoms with E-state index in [0.29, 0.717) is 31.6 Å². The van der Waals surface area contributed by atoms with Gasteiger partial charge in [-0.15, -0.1) is 0 Å². The van der Waals surface area contributed by atoms with Gasteiger partial charge in [-0.1, -0.05) is 312 Å². The quantitative estimate of drug-likeness (QED) is 0.0222. The van der Waals surface area contributed by atoms with Gasteiger partial charge in [0.25, 0.3) is 0 Å². The number of carbonyl (C=O) groups is 4. The molecule has 0 aliphatic rings. The maximum Gasteiger partial charge on any atom is 0.472 e. The van der Waals surface area contributed by atoms with Crippen molar-refractivity contribution in [2.75, 3.05) is 39.6 Å². The van der Waals surface area contributed by atoms with Crippen LogP contribution in [0.3, 0.4) is 0 Å². The van der Waals surface area contributed by atoms with Gasteiger partial charge in [0.1, 0.15) is 19.3 Å². The van der Waals surface area contributed by atoms with Crippen molar-refractivity contribution < 1.29 is 80.2 Å². The van der Waals surface area contributed by atoms with Gasteiger partial charge in [0.05, 0.1) is 26.4 Å². The summed E-state index contributed by atoms with van der Waals surface area (Å²) in [5.74, 6) is 0.101. The molecule has 0 aromatic heterocycles. The molecule has 540 valence electrons. The summed E-state index contributed by atoms with van der Waals surface area (Å²) in [6.07, 6.45) is 47.2. The van der Waals surface area contributed by atoms with Crippen LogP contribution in [0.25, 0.3) is 0 Å². The number of rotatable bonds is 70. The molecular weight excluding hydrogens is 1200 g/mol. The number of aliphatic hydroxyl groups excluding tert-OH is 1. The third-order valence-corrected chi connectivity index (χ3v) is 18.5. The summed E-state index contributed by atoms with van der Waals surface area (Å²) in [4.78, 5) is 72.6. The van der Waals surface area contributed by atoms with Crippen molar-refractivity contribution >= 4 is 39.5 Å². The molecule has 0 heterocycles. The summed E-state index contributed by atoms with van der Waals surface area (Å²) >= 11 is 0. The zero-order valence-corrected chi connectivity index (χ0v) is 61.1. The fourth-order valence-electron chi connectivity index (χ4n) is 10.9. The van der Waals surface area contributed by atoms with Crippen LogP contribution in [0.4, 0.5) is 0 Å². The number of phosphoric acid groups is 2. The van der Waals surface area contributed by atoms with Crippen LogP contribution in [-0.4, -0.2) is 96.7 Å². The molecule has 0 saturated carbocycles. The number of carbonyl (C=O) groups excluding carboxylic acids is 4. The number of aliphatic hydroxyl groups is 1. The number of esters is 4. The monoisotopic (exact) mass is 1340 g/mol. The first-order chi connectivity index (χ1) is 43.7. The molecule has 0 fully saturated rings. The van der Waals surface area contributed by atoms with E-state index in [1.807, 2.05) is 0 Å². The lowest BCUT2D eigenvalue weighted by molar-refractivity contribution is -0.161. The van der Waals surface area contributed by atoms with Gasteiger partial charge >= 0.3 is 39.5 Å². The van der Waals surface area contributed by atoms with Gasteiger partial charge in [-0.3, -0.25) is 37.3 Å². The van der Waals surface area contributed by atoms with Crippen LogP contribution in [0.5, 0.6) is 0 Å². The Bertz CT molecular complexity index is 1780. The van der Waals surface area contributed by atoms with E-state index in [2.05, 4.69) is 48.5 Å². The third kappa shape index (κ3) is 66.5. The zero-order chi connectivity index (χ0) is 67.3. The van der Waals surface area contributed by atoms with Crippen LogP contribution in [0.15, 0.2) is 0 Å². The molecule has 0 aliphatic heterocycles. The summed E-state index contributed by atoms with van der Waals surface area (Å²) in [5, 5.41) is 10.6. The summed E-state index contributed by atoms with van der Waals surface area (Å²) in [6.45, 7) is 11.8. The molecule has 17 nitrogen and oxygen atoms in total. The predicted octanol–water partition coefficient (Wildman–Crippen LogP) is 20.6. The number of hydrogen-bond acceptors (Lipinski definition) is 15. The standard InChI is InChI=1S/C72H140O17P2/c1-8-9-10-11-12-13-14-16-20-27-32-41-48-55-72(77)89-68(60-83-70(75)54-47-40-35-34-38-45-52-65(6)7)62-87-91(80,81)85-58-66(73)57-84-90(78,79)86-61-67(59-82-69(74)53-46-39-31-26-23-22-25-30-37-44-51-64(4)5)88-71(76)56-49-42-33-28-21-18-15-17-19-24-29-36-43-50-63(2)3/h63-68,73H,8-62H2,1-7H3,(H,78,79)(H,80,81)/t66-,67-,68-/m1/s1. The molecule has 2 unspecified atom stereocenters. The zero-order valence-electron chi connectivity index (χ0n) is 59.3. The van der Waals surface area contributed by atoms with Gasteiger partial charge in [-0.05, 0) is 43.4 Å². The normalized spacial score (nSPS) is 14.2. The van der Waals surface area contributed by atoms with Crippen molar-refractivity contribution in [3.8, 4) is 0 Å². The third-order valence-electron chi connectivity index (χ3n) is 16.6. The minimum Gasteiger partial charge on any atom is -0.462 e. The highest BCUT2D eigenvalue weighted by Crippen LogP contribution is 2.45. The largest absolute Gasteiger partial charge is 0.472 e. The molecule has 3 N–H and O–H groups in total. The van der Waals surface area contributed by atoms with E-state index in [-0.39, 0.29) is 25.7 Å². The minimum atomic E-state index is -4.95. The van der Waals surface area contributed by atoms with Crippen LogP contribution in [0.1, 0.15) is 363 Å². The first-order valence-corrected chi connectivity index (χ1v) is 40.3. The van der Waals surface area contributed by atoms with E-state index >= 15 is 0 Å². The first kappa shape index (κ1) is 89.1. The molecule has 0 aliphatic carbocycles. The van der Waals surface area contributed by atoms with Crippen LogP contribution in [0, 0.1) is 17.8 Å². The minimum absolute atomic E-state index is 0.106. The van der Waals surface area contributed by atoms with E-state index in [1.165, 1.54) is 167 Å². The summed E-state index contributed by atoms with van der Waals surface area (Å²) in [7, 11) is -9.90. The second-order valence-electron chi connectivity index (χ2n) is 27.4. The number of unbranched alkanes of at least 4 members (excludes halogenated alkanes) is 38. The van der Waals surface area contributed by atoms with Crippen molar-refractivity contribution in [2.24, 2.45) is 17.8 Å². The molecule has 19 heteroatoms. The van der Waals surface area contributed by atoms with Crippen LogP contribution in [-0.2, 0) is 65.4 Å². The van der Waals surface area contributed by atoms with E-state index in [4.69, 9.17) is 37.0 Å². The molecule has 0 amide bonds. The highest BCUT2D eigenvalue weighted by molar-refractivity contribution is 7.47. The number of phosphoric ester groups is 2. The molecular formula is C72H140O17P2. The molecule has 0 saturated heterocycles. The molecule has 91 heavy (non-hydrogen) atoms. The SMILES string of the molecule is CCCCCCCCCCCCCCCC(=O)O[C@H](COC(=O)CCCCCCCCC(C)C)COP(=O)(O)OC[C@H](O)COP(=O)(O)OC[C@@H](COC(=O)CCCCCCCCCCCCC(C)C)OC(=O)CCCCCCCCCCCCCCCC(C)C. The number of hydrogen-bond donors (Lipinski definition) is 3. The van der Waals surface area contributed by atoms with E-state index in [9.17, 15) is 43.2 Å². The van der Waals surface area contributed by atoms with Crippen LogP contribution >= 0.6 is 15.6 Å². The summed E-state index contributed by atoms with van der Waals surface area (Å²) < 4.78 is 68.3. The summed E-state index contributed by atoms with van der Waals surface area (Å²) in [5.41, 5.74) is 0. The molecule has 0 aromatic rings. The number of ether oxygens (including phenoxy) is 4. The van der Waals surface area contributed by atoms with Gasteiger partial charge in [0, 0.05) is 25.7 Å². The van der Waals surface area contributed by atoms with Crippen LogP contribution in [0.2, 0.25) is 0 Å². The van der Waals surface area contributed by atoms with Crippen molar-refractivity contribution in [1.82, 2.24) is 0 Å². The Morgan fingerprint density at radius 3 is 0.747 bits per heavy atom. The Morgan fingerprint density at radius 1 is 0.297 bits per heavy atom. The van der Waals surface area contributed by atoms with Gasteiger partial charge in [0.2, 0.25) is 0 Å². The molecule has 5 atom stereocenters. The van der Waals surface area contributed by atoms with Crippen molar-refractivity contribution in [2.45, 2.75) is 381 Å². The van der Waals surface area contributed by atoms with Crippen molar-refractivity contribution in [1.29, 1.82) is 0 Å². The predicted molar refractivity (Wildman–Crippen MR) is 368 cm³/mol. The average Bonchev–Trinajstić information content (AvgIpc) is 2.74. The van der Waals surface area contributed by atoms with Gasteiger partial charge in [-0.2, -0.15) is 0 Å².